The number of carbonyl (C=O) groups is 1. The molecule has 1 saturated heterocycles. The van der Waals surface area contributed by atoms with Crippen LogP contribution in [0.2, 0.25) is 0 Å². The molecular weight excluding hydrogens is 148 g/mol. The highest BCUT2D eigenvalue weighted by molar-refractivity contribution is 5.60. The molecule has 4 nitrogen and oxygen atoms in total. The van der Waals surface area contributed by atoms with E-state index in [-0.39, 0.29) is 6.10 Å². The molecule has 0 aromatic rings. The maximum absolute atomic E-state index is 10.7. The normalized spacial score (nSPS) is 23.2. The third kappa shape index (κ3) is 2.76. The van der Waals surface area contributed by atoms with Crippen LogP contribution in [0.3, 0.4) is 0 Å². The predicted molar refractivity (Wildman–Crippen MR) is 37.3 cm³/mol. The first kappa shape index (κ1) is 8.33. The third-order valence-corrected chi connectivity index (χ3v) is 1.41. The van der Waals surface area contributed by atoms with Crippen LogP contribution in [0, 0.1) is 0 Å². The topological polar surface area (TPSA) is 44.8 Å². The molecule has 64 valence electrons. The highest BCUT2D eigenvalue weighted by atomic mass is 16.7. The minimum Gasteiger partial charge on any atom is -0.435 e. The first-order chi connectivity index (χ1) is 5.33. The summed E-state index contributed by atoms with van der Waals surface area (Å²) in [6.07, 6.45) is 0.0794. The first-order valence-corrected chi connectivity index (χ1v) is 3.74. The van der Waals surface area contributed by atoms with Crippen LogP contribution in [0.15, 0.2) is 0 Å². The molecule has 4 heteroatoms. The average Bonchev–Trinajstić information content (AvgIpc) is 2.40. The number of rotatable bonds is 2. The fraction of sp³-hybridized carbons (Fsp3) is 0.857. The number of carbonyl (C=O) groups excluding carboxylic acids is 1. The molecule has 0 bridgehead atoms. The van der Waals surface area contributed by atoms with E-state index in [0.29, 0.717) is 19.8 Å². The number of hydrogen-bond donors (Lipinski definition) is 0. The van der Waals surface area contributed by atoms with Crippen molar-refractivity contribution >= 4 is 6.16 Å². The molecule has 1 aliphatic heterocycles. The zero-order chi connectivity index (χ0) is 8.10. The van der Waals surface area contributed by atoms with Crippen molar-refractivity contribution < 1.29 is 19.0 Å². The quantitative estimate of drug-likeness (QED) is 0.564. The Bertz CT molecular complexity index is 128. The Morgan fingerprint density at radius 3 is 3.09 bits per heavy atom. The van der Waals surface area contributed by atoms with E-state index in [1.165, 1.54) is 0 Å². The van der Waals surface area contributed by atoms with Gasteiger partial charge in [-0.25, -0.2) is 4.79 Å². The molecule has 0 N–H and O–H groups in total. The van der Waals surface area contributed by atoms with Crippen molar-refractivity contribution in [2.45, 2.75) is 19.4 Å². The maximum atomic E-state index is 10.7. The van der Waals surface area contributed by atoms with Crippen LogP contribution in [0.4, 0.5) is 4.79 Å². The van der Waals surface area contributed by atoms with Gasteiger partial charge in [0.25, 0.3) is 0 Å². The molecule has 0 radical (unpaired) electrons. The van der Waals surface area contributed by atoms with Crippen molar-refractivity contribution in [3.8, 4) is 0 Å². The Morgan fingerprint density at radius 1 is 1.73 bits per heavy atom. The lowest BCUT2D eigenvalue weighted by Crippen LogP contribution is -2.18. The van der Waals surface area contributed by atoms with E-state index in [9.17, 15) is 4.79 Å². The van der Waals surface area contributed by atoms with Crippen molar-refractivity contribution in [2.24, 2.45) is 0 Å². The molecule has 1 unspecified atom stereocenters. The second kappa shape index (κ2) is 4.18. The summed E-state index contributed by atoms with van der Waals surface area (Å²) in [5.74, 6) is 0. The Labute approximate surface area is 65.4 Å². The van der Waals surface area contributed by atoms with Gasteiger partial charge in [0, 0.05) is 6.42 Å². The third-order valence-electron chi connectivity index (χ3n) is 1.41. The molecule has 0 aromatic carbocycles. The van der Waals surface area contributed by atoms with Gasteiger partial charge in [-0.3, -0.25) is 0 Å². The Morgan fingerprint density at radius 2 is 2.55 bits per heavy atom. The summed E-state index contributed by atoms with van der Waals surface area (Å²) in [6.45, 7) is 3.27. The van der Waals surface area contributed by atoms with E-state index in [2.05, 4.69) is 4.74 Å². The summed E-state index contributed by atoms with van der Waals surface area (Å²) in [5, 5.41) is 0. The largest absolute Gasteiger partial charge is 0.508 e. The van der Waals surface area contributed by atoms with Crippen molar-refractivity contribution in [3.05, 3.63) is 0 Å². The fourth-order valence-corrected chi connectivity index (χ4v) is 0.894. The maximum Gasteiger partial charge on any atom is 0.508 e. The van der Waals surface area contributed by atoms with Crippen LogP contribution in [0.25, 0.3) is 0 Å². The van der Waals surface area contributed by atoms with E-state index in [1.54, 1.807) is 6.92 Å². The molecule has 0 aliphatic carbocycles. The fourth-order valence-electron chi connectivity index (χ4n) is 0.894. The van der Waals surface area contributed by atoms with Crippen LogP contribution in [0.5, 0.6) is 0 Å². The van der Waals surface area contributed by atoms with Gasteiger partial charge in [0.15, 0.2) is 0 Å². The molecule has 11 heavy (non-hydrogen) atoms. The second-order valence-corrected chi connectivity index (χ2v) is 2.29. The summed E-state index contributed by atoms with van der Waals surface area (Å²) in [7, 11) is 0. The zero-order valence-corrected chi connectivity index (χ0v) is 6.54. The summed E-state index contributed by atoms with van der Waals surface area (Å²) in [5.41, 5.74) is 0. The van der Waals surface area contributed by atoms with Gasteiger partial charge in [-0.2, -0.15) is 0 Å². The van der Waals surface area contributed by atoms with Crippen LogP contribution in [-0.2, 0) is 14.2 Å². The molecule has 0 amide bonds. The van der Waals surface area contributed by atoms with Crippen LogP contribution < -0.4 is 0 Å². The summed E-state index contributed by atoms with van der Waals surface area (Å²) < 4.78 is 14.5. The van der Waals surface area contributed by atoms with E-state index in [0.717, 1.165) is 6.42 Å². The average molecular weight is 160 g/mol. The van der Waals surface area contributed by atoms with Crippen LogP contribution in [-0.4, -0.2) is 32.1 Å². The Balaban J connectivity index is 2.13. The molecule has 1 fully saturated rings. The molecular formula is C7H12O4. The summed E-state index contributed by atoms with van der Waals surface area (Å²) in [4.78, 5) is 10.7. The Hall–Kier alpha value is -0.770. The van der Waals surface area contributed by atoms with E-state index in [4.69, 9.17) is 9.47 Å². The monoisotopic (exact) mass is 160 g/mol. The van der Waals surface area contributed by atoms with Gasteiger partial charge in [-0.1, -0.05) is 0 Å². The van der Waals surface area contributed by atoms with Crippen LogP contribution in [0.1, 0.15) is 13.3 Å². The predicted octanol–water partition coefficient (Wildman–Crippen LogP) is 0.948. The van der Waals surface area contributed by atoms with E-state index in [1.807, 2.05) is 0 Å². The van der Waals surface area contributed by atoms with Crippen molar-refractivity contribution in [2.75, 3.05) is 19.8 Å². The summed E-state index contributed by atoms with van der Waals surface area (Å²) in [6, 6.07) is 0. The summed E-state index contributed by atoms with van der Waals surface area (Å²) >= 11 is 0. The molecule has 0 spiro atoms. The van der Waals surface area contributed by atoms with Gasteiger partial charge in [-0.05, 0) is 6.92 Å². The van der Waals surface area contributed by atoms with Crippen LogP contribution >= 0.6 is 0 Å². The van der Waals surface area contributed by atoms with Gasteiger partial charge < -0.3 is 14.2 Å². The van der Waals surface area contributed by atoms with Gasteiger partial charge in [0.05, 0.1) is 19.8 Å². The van der Waals surface area contributed by atoms with Gasteiger partial charge in [0.1, 0.15) is 6.10 Å². The second-order valence-electron chi connectivity index (χ2n) is 2.29. The molecule has 1 atom stereocenters. The van der Waals surface area contributed by atoms with E-state index < -0.39 is 6.16 Å². The Kier molecular flexibility index (Phi) is 3.16. The smallest absolute Gasteiger partial charge is 0.435 e. The molecule has 0 aromatic heterocycles. The van der Waals surface area contributed by atoms with Crippen molar-refractivity contribution in [1.82, 2.24) is 0 Å². The van der Waals surface area contributed by atoms with Gasteiger partial charge >= 0.3 is 6.16 Å². The van der Waals surface area contributed by atoms with Gasteiger partial charge in [0.2, 0.25) is 0 Å². The SMILES string of the molecule is CCOC(=O)OC1CCOC1. The highest BCUT2D eigenvalue weighted by Crippen LogP contribution is 2.08. The standard InChI is InChI=1S/C7H12O4/c1-2-10-7(8)11-6-3-4-9-5-6/h6H,2-5H2,1H3. The first-order valence-electron chi connectivity index (χ1n) is 3.74. The molecule has 0 saturated carbocycles. The van der Waals surface area contributed by atoms with E-state index >= 15 is 0 Å². The lowest BCUT2D eigenvalue weighted by atomic mass is 10.3. The lowest BCUT2D eigenvalue weighted by Gasteiger charge is -2.08. The highest BCUT2D eigenvalue weighted by Gasteiger charge is 2.20. The number of hydrogen-bond acceptors (Lipinski definition) is 4. The van der Waals surface area contributed by atoms with Gasteiger partial charge in [-0.15, -0.1) is 0 Å². The van der Waals surface area contributed by atoms with Crippen molar-refractivity contribution in [1.29, 1.82) is 0 Å². The lowest BCUT2D eigenvalue weighted by molar-refractivity contribution is 0.0222. The minimum atomic E-state index is -0.594. The molecule has 1 aliphatic rings. The zero-order valence-electron chi connectivity index (χ0n) is 6.54. The molecule has 1 heterocycles. The number of ether oxygens (including phenoxy) is 3. The molecule has 1 rings (SSSR count). The van der Waals surface area contributed by atoms with Crippen molar-refractivity contribution in [3.63, 3.8) is 0 Å². The minimum absolute atomic E-state index is 0.103.